The smallest absolute Gasteiger partial charge is 0.237 e. The van der Waals surface area contributed by atoms with Gasteiger partial charge in [0.15, 0.2) is 5.16 Å². The number of carbonyl (C=O) groups is 1. The number of hydrogen-bond donors (Lipinski definition) is 1. The maximum Gasteiger partial charge on any atom is 0.237 e. The van der Waals surface area contributed by atoms with Gasteiger partial charge in [0.2, 0.25) is 5.91 Å². The molecule has 5 nitrogen and oxygen atoms in total. The number of nitrogens with one attached hydrogen (secondary N) is 1. The van der Waals surface area contributed by atoms with E-state index in [0.29, 0.717) is 11.4 Å². The molecule has 1 heterocycles. The van der Waals surface area contributed by atoms with Crippen LogP contribution >= 0.6 is 11.8 Å². The molecular formula is C22H25N3O2S. The second-order valence-electron chi connectivity index (χ2n) is 6.82. The number of imidazole rings is 1. The van der Waals surface area contributed by atoms with Crippen LogP contribution in [0.3, 0.4) is 0 Å². The van der Waals surface area contributed by atoms with Crippen molar-refractivity contribution >= 4 is 23.4 Å². The molecule has 3 aromatic rings. The molecule has 1 N–H and O–H groups in total. The first-order valence-corrected chi connectivity index (χ1v) is 10.00. The molecule has 0 fully saturated rings. The molecule has 0 saturated heterocycles. The molecule has 0 aliphatic carbocycles. The number of anilines is 1. The Morgan fingerprint density at radius 2 is 1.86 bits per heavy atom. The molecule has 0 bridgehead atoms. The highest BCUT2D eigenvalue weighted by molar-refractivity contribution is 8.00. The molecule has 146 valence electrons. The molecular weight excluding hydrogens is 370 g/mol. The third-order valence-corrected chi connectivity index (χ3v) is 5.58. The van der Waals surface area contributed by atoms with Gasteiger partial charge in [-0.25, -0.2) is 4.98 Å². The Balaban J connectivity index is 1.78. The first kappa shape index (κ1) is 20.0. The molecule has 1 amide bonds. The summed E-state index contributed by atoms with van der Waals surface area (Å²) in [6, 6.07) is 12.0. The molecule has 0 aliphatic heterocycles. The summed E-state index contributed by atoms with van der Waals surface area (Å²) in [6.45, 7) is 8.00. The Morgan fingerprint density at radius 3 is 2.61 bits per heavy atom. The van der Waals surface area contributed by atoms with Crippen LogP contribution in [0.5, 0.6) is 5.75 Å². The van der Waals surface area contributed by atoms with Gasteiger partial charge in [-0.2, -0.15) is 0 Å². The van der Waals surface area contributed by atoms with Gasteiger partial charge in [-0.1, -0.05) is 30.0 Å². The van der Waals surface area contributed by atoms with Gasteiger partial charge in [0.1, 0.15) is 5.75 Å². The molecule has 1 unspecified atom stereocenters. The molecule has 28 heavy (non-hydrogen) atoms. The van der Waals surface area contributed by atoms with Gasteiger partial charge in [-0.05, 0) is 62.6 Å². The maximum atomic E-state index is 12.8. The van der Waals surface area contributed by atoms with Crippen molar-refractivity contribution in [3.05, 3.63) is 65.5 Å². The van der Waals surface area contributed by atoms with Crippen molar-refractivity contribution in [2.45, 2.75) is 38.1 Å². The van der Waals surface area contributed by atoms with Gasteiger partial charge in [-0.15, -0.1) is 0 Å². The van der Waals surface area contributed by atoms with Crippen molar-refractivity contribution in [3.8, 4) is 11.4 Å². The summed E-state index contributed by atoms with van der Waals surface area (Å²) in [5.41, 5.74) is 5.15. The van der Waals surface area contributed by atoms with E-state index in [1.54, 1.807) is 13.3 Å². The van der Waals surface area contributed by atoms with Crippen LogP contribution in [-0.4, -0.2) is 27.8 Å². The van der Waals surface area contributed by atoms with Crippen molar-refractivity contribution in [2.24, 2.45) is 0 Å². The molecule has 0 spiro atoms. The molecule has 6 heteroatoms. The van der Waals surface area contributed by atoms with E-state index in [9.17, 15) is 4.79 Å². The highest BCUT2D eigenvalue weighted by Crippen LogP contribution is 2.29. The Bertz CT molecular complexity index is 997. The average molecular weight is 396 g/mol. The molecule has 0 saturated carbocycles. The maximum absolute atomic E-state index is 12.8. The van der Waals surface area contributed by atoms with Gasteiger partial charge in [0, 0.05) is 12.4 Å². The van der Waals surface area contributed by atoms with Crippen LogP contribution in [0.15, 0.2) is 53.9 Å². The Morgan fingerprint density at radius 1 is 1.14 bits per heavy atom. The number of thioether (sulfide) groups is 1. The lowest BCUT2D eigenvalue weighted by molar-refractivity contribution is -0.115. The van der Waals surface area contributed by atoms with Gasteiger partial charge >= 0.3 is 0 Å². The number of aryl methyl sites for hydroxylation is 3. The van der Waals surface area contributed by atoms with Crippen molar-refractivity contribution in [2.75, 3.05) is 12.4 Å². The normalized spacial score (nSPS) is 11.9. The van der Waals surface area contributed by atoms with Crippen molar-refractivity contribution in [3.63, 3.8) is 0 Å². The Kier molecular flexibility index (Phi) is 6.09. The van der Waals surface area contributed by atoms with Crippen LogP contribution in [0, 0.1) is 20.8 Å². The summed E-state index contributed by atoms with van der Waals surface area (Å²) in [5.74, 6) is 0.553. The van der Waals surface area contributed by atoms with E-state index in [0.717, 1.165) is 22.0 Å². The van der Waals surface area contributed by atoms with E-state index in [4.69, 9.17) is 4.74 Å². The first-order chi connectivity index (χ1) is 13.4. The minimum atomic E-state index is -0.323. The standard InChI is InChI=1S/C22H25N3O2S/c1-14-7-9-20(27-5)18(12-14)24-21(26)17(4)28-22-23-10-11-25(22)19-13-15(2)6-8-16(19)3/h6-13,17H,1-5H3,(H,24,26). The third-order valence-electron chi connectivity index (χ3n) is 4.50. The summed E-state index contributed by atoms with van der Waals surface area (Å²) < 4.78 is 7.38. The number of rotatable bonds is 6. The van der Waals surface area contributed by atoms with Gasteiger partial charge < -0.3 is 10.1 Å². The molecule has 3 rings (SSSR count). The number of carbonyl (C=O) groups excluding carboxylic acids is 1. The first-order valence-electron chi connectivity index (χ1n) is 9.12. The number of nitrogens with zero attached hydrogens (tertiary/aromatic N) is 2. The second kappa shape index (κ2) is 8.52. The quantitative estimate of drug-likeness (QED) is 0.602. The number of amides is 1. The average Bonchev–Trinajstić information content (AvgIpc) is 3.11. The highest BCUT2D eigenvalue weighted by Gasteiger charge is 2.19. The molecule has 0 radical (unpaired) electrons. The lowest BCUT2D eigenvalue weighted by atomic mass is 10.1. The van der Waals surface area contributed by atoms with Crippen LogP contribution in [0.2, 0.25) is 0 Å². The SMILES string of the molecule is COc1ccc(C)cc1NC(=O)C(C)Sc1nccn1-c1cc(C)ccc1C. The lowest BCUT2D eigenvalue weighted by Gasteiger charge is -2.16. The van der Waals surface area contributed by atoms with E-state index >= 15 is 0 Å². The Labute approximate surface area is 170 Å². The predicted molar refractivity (Wildman–Crippen MR) is 115 cm³/mol. The van der Waals surface area contributed by atoms with Crippen LogP contribution in [0.1, 0.15) is 23.6 Å². The fraction of sp³-hybridized carbons (Fsp3) is 0.273. The minimum absolute atomic E-state index is 0.0931. The zero-order valence-electron chi connectivity index (χ0n) is 16.8. The molecule has 1 atom stereocenters. The summed E-state index contributed by atoms with van der Waals surface area (Å²) in [7, 11) is 1.60. The van der Waals surface area contributed by atoms with Crippen LogP contribution in [0.25, 0.3) is 5.69 Å². The van der Waals surface area contributed by atoms with E-state index < -0.39 is 0 Å². The second-order valence-corrected chi connectivity index (χ2v) is 8.13. The number of aromatic nitrogens is 2. The monoisotopic (exact) mass is 395 g/mol. The summed E-state index contributed by atoms with van der Waals surface area (Å²) >= 11 is 1.43. The van der Waals surface area contributed by atoms with Gasteiger partial charge in [-0.3, -0.25) is 9.36 Å². The summed E-state index contributed by atoms with van der Waals surface area (Å²) in [6.07, 6.45) is 3.69. The lowest BCUT2D eigenvalue weighted by Crippen LogP contribution is -2.23. The number of hydrogen-bond acceptors (Lipinski definition) is 4. The van der Waals surface area contributed by atoms with Crippen molar-refractivity contribution in [1.82, 2.24) is 9.55 Å². The minimum Gasteiger partial charge on any atom is -0.495 e. The largest absolute Gasteiger partial charge is 0.495 e. The van der Waals surface area contributed by atoms with Gasteiger partial charge in [0.05, 0.1) is 23.7 Å². The summed E-state index contributed by atoms with van der Waals surface area (Å²) in [4.78, 5) is 17.2. The zero-order valence-corrected chi connectivity index (χ0v) is 17.6. The van der Waals surface area contributed by atoms with Crippen LogP contribution in [0.4, 0.5) is 5.69 Å². The summed E-state index contributed by atoms with van der Waals surface area (Å²) in [5, 5.41) is 3.43. The number of ether oxygens (including phenoxy) is 1. The van der Waals surface area contributed by atoms with E-state index in [2.05, 4.69) is 42.3 Å². The van der Waals surface area contributed by atoms with E-state index in [-0.39, 0.29) is 11.2 Å². The number of benzene rings is 2. The van der Waals surface area contributed by atoms with Crippen LogP contribution in [-0.2, 0) is 4.79 Å². The Hall–Kier alpha value is -2.73. The fourth-order valence-corrected chi connectivity index (χ4v) is 3.78. The zero-order chi connectivity index (χ0) is 20.3. The van der Waals surface area contributed by atoms with Gasteiger partial charge in [0.25, 0.3) is 0 Å². The highest BCUT2D eigenvalue weighted by atomic mass is 32.2. The molecule has 2 aromatic carbocycles. The number of methoxy groups -OCH3 is 1. The molecule has 1 aromatic heterocycles. The van der Waals surface area contributed by atoms with Crippen LogP contribution < -0.4 is 10.1 Å². The third kappa shape index (κ3) is 4.39. The topological polar surface area (TPSA) is 56.1 Å². The predicted octanol–water partition coefficient (Wildman–Crippen LogP) is 4.93. The fourth-order valence-electron chi connectivity index (χ4n) is 2.90. The van der Waals surface area contributed by atoms with E-state index in [1.165, 1.54) is 17.3 Å². The van der Waals surface area contributed by atoms with E-state index in [1.807, 2.05) is 42.8 Å². The molecule has 0 aliphatic rings. The van der Waals surface area contributed by atoms with Crippen molar-refractivity contribution in [1.29, 1.82) is 0 Å². The van der Waals surface area contributed by atoms with Crippen molar-refractivity contribution < 1.29 is 9.53 Å².